The Morgan fingerprint density at radius 2 is 2.09 bits per heavy atom. The number of hydrogen-bond donors (Lipinski definition) is 0. The molecule has 0 radical (unpaired) electrons. The third-order valence-electron chi connectivity index (χ3n) is 6.59. The zero-order valence-electron chi connectivity index (χ0n) is 19.1. The highest BCUT2D eigenvalue weighted by atomic mass is 127. The Bertz CT molecular complexity index is 1400. The number of halogens is 1. The summed E-state index contributed by atoms with van der Waals surface area (Å²) in [4.78, 5) is 23.6. The first-order valence-corrected chi connectivity index (χ1v) is 12.7. The van der Waals surface area contributed by atoms with Crippen molar-refractivity contribution < 1.29 is 13.9 Å². The lowest BCUT2D eigenvalue weighted by Gasteiger charge is -2.37. The Morgan fingerprint density at radius 3 is 2.77 bits per heavy atom. The van der Waals surface area contributed by atoms with Gasteiger partial charge in [0, 0.05) is 29.3 Å². The number of likely N-dealkylation sites (tertiary alicyclic amines) is 1. The molecule has 178 valence electrons. The molecule has 1 aliphatic heterocycles. The lowest BCUT2D eigenvalue weighted by Crippen LogP contribution is -2.45. The van der Waals surface area contributed by atoms with Gasteiger partial charge in [-0.05, 0) is 36.6 Å². The van der Waals surface area contributed by atoms with Gasteiger partial charge in [0.1, 0.15) is 18.6 Å². The van der Waals surface area contributed by atoms with Gasteiger partial charge in [0.15, 0.2) is 11.3 Å². The number of amides is 1. The Morgan fingerprint density at radius 1 is 1.26 bits per heavy atom. The molecule has 0 bridgehead atoms. The number of aromatic nitrogens is 4. The molecule has 10 heteroatoms. The van der Waals surface area contributed by atoms with E-state index in [4.69, 9.17) is 9.15 Å². The van der Waals surface area contributed by atoms with Gasteiger partial charge in [-0.1, -0.05) is 34.7 Å². The number of hydrogen-bond acceptors (Lipinski definition) is 7. The summed E-state index contributed by atoms with van der Waals surface area (Å²) in [6.07, 6.45) is 5.83. The fraction of sp³-hybridized carbons (Fsp3) is 0.320. The number of alkyl halides is 1. The second-order valence-electron chi connectivity index (χ2n) is 8.45. The van der Waals surface area contributed by atoms with Crippen LogP contribution in [-0.2, 0) is 21.2 Å². The Balaban J connectivity index is 1.34. The highest BCUT2D eigenvalue weighted by Crippen LogP contribution is 2.38. The summed E-state index contributed by atoms with van der Waals surface area (Å²) in [5, 5.41) is 15.5. The summed E-state index contributed by atoms with van der Waals surface area (Å²) in [6.45, 7) is 1.02. The van der Waals surface area contributed by atoms with Gasteiger partial charge in [-0.25, -0.2) is 14.6 Å². The molecule has 0 unspecified atom stereocenters. The minimum atomic E-state index is -0.647. The Labute approximate surface area is 215 Å². The zero-order valence-corrected chi connectivity index (χ0v) is 21.3. The monoisotopic (exact) mass is 582 g/mol. The van der Waals surface area contributed by atoms with Crippen molar-refractivity contribution in [1.29, 1.82) is 5.26 Å². The van der Waals surface area contributed by atoms with Crippen LogP contribution in [0.4, 0.5) is 0 Å². The van der Waals surface area contributed by atoms with Crippen molar-refractivity contribution in [3.63, 3.8) is 0 Å². The third kappa shape index (κ3) is 4.25. The molecule has 1 aromatic carbocycles. The topological polar surface area (TPSA) is 110 Å². The summed E-state index contributed by atoms with van der Waals surface area (Å²) in [5.41, 5.74) is 2.54. The zero-order chi connectivity index (χ0) is 24.4. The maximum absolute atomic E-state index is 13.2. The van der Waals surface area contributed by atoms with Crippen LogP contribution < -0.4 is 4.74 Å². The first kappa shape index (κ1) is 23.3. The number of nitriles is 1. The van der Waals surface area contributed by atoms with E-state index in [0.29, 0.717) is 43.2 Å². The predicted molar refractivity (Wildman–Crippen MR) is 137 cm³/mol. The van der Waals surface area contributed by atoms with Gasteiger partial charge in [-0.3, -0.25) is 4.79 Å². The minimum absolute atomic E-state index is 0.0476. The number of oxazole rings is 1. The van der Waals surface area contributed by atoms with E-state index in [2.05, 4.69) is 43.7 Å². The average molecular weight is 582 g/mol. The van der Waals surface area contributed by atoms with Crippen molar-refractivity contribution in [2.45, 2.75) is 29.2 Å². The summed E-state index contributed by atoms with van der Waals surface area (Å²) < 4.78 is 13.4. The van der Waals surface area contributed by atoms with Crippen molar-refractivity contribution in [3.8, 4) is 23.4 Å². The molecule has 0 saturated carbocycles. The van der Waals surface area contributed by atoms with Crippen LogP contribution in [0.2, 0.25) is 0 Å². The molecule has 9 nitrogen and oxygen atoms in total. The molecular formula is C25H23IN6O3. The first-order chi connectivity index (χ1) is 17.1. The SMILES string of the molecule is COc1cc(C2(C#N)CCN(C(=O)Cn3nc(-c4ncco4)c4cccnc43)CC2)ccc1CI. The van der Waals surface area contributed by atoms with Gasteiger partial charge in [0.05, 0.1) is 30.2 Å². The Hall–Kier alpha value is -3.46. The molecule has 4 heterocycles. The average Bonchev–Trinajstić information content (AvgIpc) is 3.57. The number of pyridine rings is 1. The fourth-order valence-electron chi connectivity index (χ4n) is 4.60. The molecule has 0 N–H and O–H groups in total. The van der Waals surface area contributed by atoms with E-state index < -0.39 is 5.41 Å². The summed E-state index contributed by atoms with van der Waals surface area (Å²) in [7, 11) is 1.65. The summed E-state index contributed by atoms with van der Waals surface area (Å²) >= 11 is 2.30. The quantitative estimate of drug-likeness (QED) is 0.249. The molecule has 35 heavy (non-hydrogen) atoms. The standard InChI is InChI=1S/C25H23IN6O3/c1-34-20-13-18(5-4-17(20)14-26)25(16-27)6-10-31(11-7-25)21(33)15-32-23-19(3-2-8-28-23)22(30-32)24-29-9-12-35-24/h2-5,8-9,12-13H,6-7,10-11,14-15H2,1H3. The van der Waals surface area contributed by atoms with Gasteiger partial charge in [-0.2, -0.15) is 10.4 Å². The number of carbonyl (C=O) groups is 1. The van der Waals surface area contributed by atoms with E-state index in [0.717, 1.165) is 26.7 Å². The molecule has 0 atom stereocenters. The molecule has 5 rings (SSSR count). The van der Waals surface area contributed by atoms with Crippen LogP contribution in [-0.4, -0.2) is 50.8 Å². The van der Waals surface area contributed by atoms with Crippen molar-refractivity contribution in [1.82, 2.24) is 24.6 Å². The van der Waals surface area contributed by atoms with Crippen molar-refractivity contribution in [3.05, 3.63) is 60.1 Å². The van der Waals surface area contributed by atoms with Crippen molar-refractivity contribution >= 4 is 39.5 Å². The molecular weight excluding hydrogens is 559 g/mol. The smallest absolute Gasteiger partial charge is 0.247 e. The van der Waals surface area contributed by atoms with E-state index in [9.17, 15) is 10.1 Å². The lowest BCUT2D eigenvalue weighted by atomic mass is 9.73. The number of fused-ring (bicyclic) bond motifs is 1. The predicted octanol–water partition coefficient (Wildman–Crippen LogP) is 4.11. The van der Waals surface area contributed by atoms with Crippen LogP contribution in [0.5, 0.6) is 5.75 Å². The lowest BCUT2D eigenvalue weighted by molar-refractivity contribution is -0.133. The van der Waals surface area contributed by atoms with E-state index in [-0.39, 0.29) is 12.5 Å². The van der Waals surface area contributed by atoms with Crippen LogP contribution in [0.1, 0.15) is 24.0 Å². The number of ether oxygens (including phenoxy) is 1. The maximum atomic E-state index is 13.2. The second kappa shape index (κ2) is 9.65. The molecule has 4 aromatic rings. The van der Waals surface area contributed by atoms with Crippen molar-refractivity contribution in [2.24, 2.45) is 0 Å². The van der Waals surface area contributed by atoms with Gasteiger partial charge in [0.25, 0.3) is 0 Å². The molecule has 3 aromatic heterocycles. The largest absolute Gasteiger partial charge is 0.496 e. The first-order valence-electron chi connectivity index (χ1n) is 11.2. The molecule has 0 aliphatic carbocycles. The van der Waals surface area contributed by atoms with Crippen molar-refractivity contribution in [2.75, 3.05) is 20.2 Å². The third-order valence-corrected chi connectivity index (χ3v) is 7.42. The minimum Gasteiger partial charge on any atom is -0.496 e. The molecule has 1 aliphatic rings. The Kier molecular flexibility index (Phi) is 6.42. The van der Waals surface area contributed by atoms with E-state index in [1.165, 1.54) is 6.26 Å². The van der Waals surface area contributed by atoms with E-state index >= 15 is 0 Å². The number of methoxy groups -OCH3 is 1. The number of rotatable bonds is 6. The molecule has 1 saturated heterocycles. The van der Waals surface area contributed by atoms with Crippen LogP contribution in [0, 0.1) is 11.3 Å². The normalized spacial score (nSPS) is 15.2. The number of carbonyl (C=O) groups excluding carboxylic acids is 1. The summed E-state index contributed by atoms with van der Waals surface area (Å²) in [6, 6.07) is 12.3. The van der Waals surface area contributed by atoms with E-state index in [1.807, 2.05) is 30.3 Å². The van der Waals surface area contributed by atoms with Gasteiger partial charge < -0.3 is 14.1 Å². The fourth-order valence-corrected chi connectivity index (χ4v) is 5.23. The van der Waals surface area contributed by atoms with Crippen LogP contribution in [0.25, 0.3) is 22.6 Å². The highest BCUT2D eigenvalue weighted by molar-refractivity contribution is 14.1. The summed E-state index contributed by atoms with van der Waals surface area (Å²) in [5.74, 6) is 1.11. The number of benzene rings is 1. The molecule has 0 spiro atoms. The molecule has 1 fully saturated rings. The van der Waals surface area contributed by atoms with Crippen LogP contribution in [0.3, 0.4) is 0 Å². The van der Waals surface area contributed by atoms with Gasteiger partial charge >= 0.3 is 0 Å². The van der Waals surface area contributed by atoms with Crippen LogP contribution in [0.15, 0.2) is 53.4 Å². The van der Waals surface area contributed by atoms with Crippen LogP contribution >= 0.6 is 22.6 Å². The highest BCUT2D eigenvalue weighted by Gasteiger charge is 2.38. The molecule has 1 amide bonds. The maximum Gasteiger partial charge on any atom is 0.247 e. The van der Waals surface area contributed by atoms with Gasteiger partial charge in [0.2, 0.25) is 11.8 Å². The number of nitrogens with zero attached hydrogens (tertiary/aromatic N) is 6. The second-order valence-corrected chi connectivity index (χ2v) is 9.22. The number of piperidine rings is 1. The van der Waals surface area contributed by atoms with E-state index in [1.54, 1.807) is 29.1 Å². The van der Waals surface area contributed by atoms with Gasteiger partial charge in [-0.15, -0.1) is 0 Å².